The van der Waals surface area contributed by atoms with Crippen molar-refractivity contribution in [1.82, 2.24) is 9.97 Å². The number of anilines is 1. The van der Waals surface area contributed by atoms with Crippen LogP contribution in [0.4, 0.5) is 5.13 Å². The number of hydrogen-bond donors (Lipinski definition) is 1. The molecule has 0 spiro atoms. The maximum atomic E-state index is 13.4. The second kappa shape index (κ2) is 8.65. The summed E-state index contributed by atoms with van der Waals surface area (Å²) in [6, 6.07) is 12.8. The maximum absolute atomic E-state index is 13.4. The number of nitrogens with zero attached hydrogens (tertiary/aromatic N) is 3. The van der Waals surface area contributed by atoms with E-state index in [9.17, 15) is 14.7 Å². The molecule has 0 unspecified atom stereocenters. The van der Waals surface area contributed by atoms with Crippen LogP contribution in [0.25, 0.3) is 16.0 Å². The van der Waals surface area contributed by atoms with Gasteiger partial charge in [-0.05, 0) is 48.0 Å². The Balaban J connectivity index is 1.52. The van der Waals surface area contributed by atoms with Crippen LogP contribution in [0.15, 0.2) is 66.5 Å². The Morgan fingerprint density at radius 3 is 2.72 bits per heavy atom. The normalized spacial score (nSPS) is 18.6. The van der Waals surface area contributed by atoms with Gasteiger partial charge >= 0.3 is 5.91 Å². The highest BCUT2D eigenvalue weighted by atomic mass is 32.1. The standard InChI is InChI=1S/C26H19N3O6S/c1-33-16-5-6-17-20(12-16)36-26(28-17)29-22(15-3-2-8-27-13-15)21(24(31)25(29)32)23(30)14-4-7-18-19(11-14)35-10-9-34-18/h2-8,11-13,22,30H,9-10H2,1H3/t22-/m1/s1. The van der Waals surface area contributed by atoms with Gasteiger partial charge in [0.05, 0.1) is 28.9 Å². The summed E-state index contributed by atoms with van der Waals surface area (Å²) in [7, 11) is 1.57. The van der Waals surface area contributed by atoms with E-state index in [-0.39, 0.29) is 11.3 Å². The first-order valence-corrected chi connectivity index (χ1v) is 11.9. The van der Waals surface area contributed by atoms with E-state index in [1.54, 1.807) is 62.0 Å². The van der Waals surface area contributed by atoms with Crippen molar-refractivity contribution in [2.75, 3.05) is 25.2 Å². The van der Waals surface area contributed by atoms with E-state index in [1.165, 1.54) is 16.2 Å². The van der Waals surface area contributed by atoms with Crippen LogP contribution in [0.1, 0.15) is 17.2 Å². The first-order valence-electron chi connectivity index (χ1n) is 11.1. The minimum absolute atomic E-state index is 0.0542. The van der Waals surface area contributed by atoms with Crippen molar-refractivity contribution in [3.05, 3.63) is 77.6 Å². The summed E-state index contributed by atoms with van der Waals surface area (Å²) in [6.07, 6.45) is 3.16. The van der Waals surface area contributed by atoms with Gasteiger partial charge in [0.1, 0.15) is 24.7 Å². The molecule has 0 saturated carbocycles. The van der Waals surface area contributed by atoms with Gasteiger partial charge in [-0.3, -0.25) is 19.5 Å². The number of aromatic nitrogens is 2. The average Bonchev–Trinajstić information content (AvgIpc) is 3.46. The number of amides is 1. The third-order valence-corrected chi connectivity index (χ3v) is 7.07. The number of carbonyl (C=O) groups excluding carboxylic acids is 2. The number of aliphatic hydroxyl groups is 1. The van der Waals surface area contributed by atoms with E-state index in [0.717, 1.165) is 4.70 Å². The first-order chi connectivity index (χ1) is 17.5. The van der Waals surface area contributed by atoms with Crippen LogP contribution >= 0.6 is 11.3 Å². The predicted octanol–water partition coefficient (Wildman–Crippen LogP) is 4.10. The van der Waals surface area contributed by atoms with Crippen LogP contribution in [-0.2, 0) is 9.59 Å². The van der Waals surface area contributed by atoms with E-state index in [1.807, 2.05) is 6.07 Å². The fourth-order valence-electron chi connectivity index (χ4n) is 4.35. The zero-order valence-electron chi connectivity index (χ0n) is 19.0. The van der Waals surface area contributed by atoms with Crippen molar-refractivity contribution in [2.45, 2.75) is 6.04 Å². The third kappa shape index (κ3) is 3.54. The fraction of sp³-hybridized carbons (Fsp3) is 0.154. The molecule has 1 atom stereocenters. The van der Waals surface area contributed by atoms with Crippen molar-refractivity contribution < 1.29 is 28.9 Å². The minimum atomic E-state index is -0.922. The lowest BCUT2D eigenvalue weighted by atomic mass is 9.96. The summed E-state index contributed by atoms with van der Waals surface area (Å²) in [5.41, 5.74) is 1.50. The largest absolute Gasteiger partial charge is 0.507 e. The Morgan fingerprint density at radius 1 is 1.11 bits per heavy atom. The van der Waals surface area contributed by atoms with E-state index in [4.69, 9.17) is 14.2 Å². The summed E-state index contributed by atoms with van der Waals surface area (Å²) in [5, 5.41) is 11.7. The molecule has 1 saturated heterocycles. The van der Waals surface area contributed by atoms with Crippen molar-refractivity contribution in [3.8, 4) is 17.2 Å². The molecule has 6 rings (SSSR count). The molecule has 36 heavy (non-hydrogen) atoms. The van der Waals surface area contributed by atoms with Crippen LogP contribution < -0.4 is 19.1 Å². The van der Waals surface area contributed by atoms with Crippen LogP contribution in [-0.4, -0.2) is 47.1 Å². The molecule has 0 bridgehead atoms. The van der Waals surface area contributed by atoms with Gasteiger partial charge in [0.25, 0.3) is 5.78 Å². The summed E-state index contributed by atoms with van der Waals surface area (Å²) in [5.74, 6) is -0.252. The molecule has 180 valence electrons. The molecule has 1 fully saturated rings. The quantitative estimate of drug-likeness (QED) is 0.253. The molecule has 2 aromatic heterocycles. The molecule has 1 amide bonds. The zero-order valence-corrected chi connectivity index (χ0v) is 19.8. The Hall–Kier alpha value is -4.44. The highest BCUT2D eigenvalue weighted by Crippen LogP contribution is 2.45. The Bertz CT molecular complexity index is 1550. The lowest BCUT2D eigenvalue weighted by Gasteiger charge is -2.23. The highest BCUT2D eigenvalue weighted by Gasteiger charge is 2.48. The molecular formula is C26H19N3O6S. The number of aliphatic hydroxyl groups excluding tert-OH is 1. The number of pyridine rings is 1. The molecule has 0 aliphatic carbocycles. The fourth-order valence-corrected chi connectivity index (χ4v) is 5.37. The summed E-state index contributed by atoms with van der Waals surface area (Å²) >= 11 is 1.26. The molecule has 4 heterocycles. The Kier molecular flexibility index (Phi) is 5.30. The molecular weight excluding hydrogens is 482 g/mol. The smallest absolute Gasteiger partial charge is 0.301 e. The van der Waals surface area contributed by atoms with Crippen molar-refractivity contribution in [2.24, 2.45) is 0 Å². The van der Waals surface area contributed by atoms with Gasteiger partial charge in [0, 0.05) is 18.0 Å². The number of ether oxygens (including phenoxy) is 3. The number of rotatable bonds is 4. The summed E-state index contributed by atoms with van der Waals surface area (Å²) < 4.78 is 17.3. The monoisotopic (exact) mass is 501 g/mol. The van der Waals surface area contributed by atoms with E-state index in [0.29, 0.717) is 52.2 Å². The van der Waals surface area contributed by atoms with Gasteiger partial charge in [-0.25, -0.2) is 4.98 Å². The number of fused-ring (bicyclic) bond motifs is 2. The summed E-state index contributed by atoms with van der Waals surface area (Å²) in [6.45, 7) is 0.804. The van der Waals surface area contributed by atoms with Gasteiger partial charge in [-0.15, -0.1) is 0 Å². The van der Waals surface area contributed by atoms with Crippen LogP contribution in [0.3, 0.4) is 0 Å². The number of hydrogen-bond acceptors (Lipinski definition) is 9. The maximum Gasteiger partial charge on any atom is 0.301 e. The molecule has 10 heteroatoms. The van der Waals surface area contributed by atoms with E-state index >= 15 is 0 Å². The highest BCUT2D eigenvalue weighted by molar-refractivity contribution is 7.22. The Morgan fingerprint density at radius 2 is 1.94 bits per heavy atom. The lowest BCUT2D eigenvalue weighted by Crippen LogP contribution is -2.29. The van der Waals surface area contributed by atoms with E-state index in [2.05, 4.69) is 9.97 Å². The van der Waals surface area contributed by atoms with Crippen LogP contribution in [0, 0.1) is 0 Å². The van der Waals surface area contributed by atoms with Gasteiger partial charge < -0.3 is 19.3 Å². The van der Waals surface area contributed by atoms with Gasteiger partial charge in [-0.2, -0.15) is 0 Å². The molecule has 9 nitrogen and oxygen atoms in total. The Labute approximate surface area is 209 Å². The second-order valence-corrected chi connectivity index (χ2v) is 9.15. The van der Waals surface area contributed by atoms with Crippen molar-refractivity contribution >= 4 is 44.1 Å². The lowest BCUT2D eigenvalue weighted by molar-refractivity contribution is -0.132. The number of carbonyl (C=O) groups is 2. The molecule has 2 aromatic carbocycles. The third-order valence-electron chi connectivity index (χ3n) is 6.05. The van der Waals surface area contributed by atoms with Crippen molar-refractivity contribution in [1.29, 1.82) is 0 Å². The minimum Gasteiger partial charge on any atom is -0.507 e. The average molecular weight is 502 g/mol. The van der Waals surface area contributed by atoms with Gasteiger partial charge in [0.2, 0.25) is 0 Å². The van der Waals surface area contributed by atoms with Crippen LogP contribution in [0.5, 0.6) is 17.2 Å². The number of benzene rings is 2. The van der Waals surface area contributed by atoms with Crippen molar-refractivity contribution in [3.63, 3.8) is 0 Å². The summed E-state index contributed by atoms with van der Waals surface area (Å²) in [4.78, 5) is 36.8. The molecule has 0 radical (unpaired) electrons. The molecule has 2 aliphatic rings. The number of thiazole rings is 1. The van der Waals surface area contributed by atoms with Crippen LogP contribution in [0.2, 0.25) is 0 Å². The van der Waals surface area contributed by atoms with E-state index < -0.39 is 17.7 Å². The second-order valence-electron chi connectivity index (χ2n) is 8.14. The number of methoxy groups -OCH3 is 1. The molecule has 2 aliphatic heterocycles. The number of Topliss-reactive ketones (excluding diaryl/α,β-unsaturated/α-hetero) is 1. The molecule has 1 N–H and O–H groups in total. The number of ketones is 1. The first kappa shape index (κ1) is 22.1. The van der Waals surface area contributed by atoms with Gasteiger partial charge in [0.15, 0.2) is 16.6 Å². The predicted molar refractivity (Wildman–Crippen MR) is 133 cm³/mol. The zero-order chi connectivity index (χ0) is 24.8. The molecule has 4 aromatic rings. The topological polar surface area (TPSA) is 111 Å². The SMILES string of the molecule is COc1ccc2nc(N3C(=O)C(=O)C(=C(O)c4ccc5c(c4)OCCO5)[C@H]3c3cccnc3)sc2c1. The van der Waals surface area contributed by atoms with Gasteiger partial charge in [-0.1, -0.05) is 17.4 Å².